The van der Waals surface area contributed by atoms with Gasteiger partial charge in [0.15, 0.2) is 11.4 Å². The van der Waals surface area contributed by atoms with Crippen molar-refractivity contribution in [3.63, 3.8) is 0 Å². The van der Waals surface area contributed by atoms with Crippen LogP contribution in [0.4, 0.5) is 0 Å². The number of aliphatic hydroxyl groups is 3. The second-order valence-electron chi connectivity index (χ2n) is 10.3. The summed E-state index contributed by atoms with van der Waals surface area (Å²) in [6.45, 7) is 8.98. The van der Waals surface area contributed by atoms with Crippen LogP contribution in [-0.4, -0.2) is 89.4 Å². The van der Waals surface area contributed by atoms with Crippen molar-refractivity contribution >= 4 is 17.5 Å². The fraction of sp³-hybridized carbons (Fsp3) is 0.406. The number of esters is 1. The van der Waals surface area contributed by atoms with Crippen molar-refractivity contribution in [1.82, 2.24) is 10.2 Å². The van der Waals surface area contributed by atoms with Gasteiger partial charge >= 0.3 is 5.97 Å². The molecule has 2 fully saturated rings. The molecule has 1 unspecified atom stereocenters. The van der Waals surface area contributed by atoms with E-state index in [0.717, 1.165) is 31.7 Å². The van der Waals surface area contributed by atoms with Crippen LogP contribution in [0, 0.1) is 5.92 Å². The first-order valence-electron chi connectivity index (χ1n) is 14.1. The van der Waals surface area contributed by atoms with Crippen molar-refractivity contribution in [2.24, 2.45) is 5.92 Å². The molecule has 0 aromatic rings. The summed E-state index contributed by atoms with van der Waals surface area (Å²) in [4.78, 5) is 40.9. The molecule has 226 valence electrons. The van der Waals surface area contributed by atoms with E-state index in [2.05, 4.69) is 30.1 Å². The molecule has 2 atom stereocenters. The van der Waals surface area contributed by atoms with Crippen LogP contribution in [0.5, 0.6) is 0 Å². The maximum absolute atomic E-state index is 13.7. The number of rotatable bonds is 12. The van der Waals surface area contributed by atoms with Crippen molar-refractivity contribution < 1.29 is 39.2 Å². The second kappa shape index (κ2) is 15.3. The molecule has 42 heavy (non-hydrogen) atoms. The Morgan fingerprint density at radius 1 is 1.17 bits per heavy atom. The summed E-state index contributed by atoms with van der Waals surface area (Å²) in [7, 11) is 0. The largest absolute Gasteiger partial charge is 0.508 e. The highest BCUT2D eigenvalue weighted by Crippen LogP contribution is 2.45. The molecule has 0 bridgehead atoms. The SMILES string of the molecule is CCC(C)/C=C/C=C/C=C/C(O)=CC(O)=C1C(=O)O[C@@]2(C)C(=O)/C(=C\NCCN3CCOCC3)C(=CC(=O)CO)C=C12. The minimum atomic E-state index is -1.76. The van der Waals surface area contributed by atoms with Crippen LogP contribution in [0.15, 0.2) is 94.7 Å². The topological polar surface area (TPSA) is 146 Å². The number of hydrogen-bond acceptors (Lipinski definition) is 10. The number of Topliss-reactive ketones (excluding diaryl/α,β-unsaturated/α-hetero) is 1. The van der Waals surface area contributed by atoms with Crippen LogP contribution >= 0.6 is 0 Å². The number of hydrogen-bond donors (Lipinski definition) is 4. The quantitative estimate of drug-likeness (QED) is 0.0893. The summed E-state index contributed by atoms with van der Waals surface area (Å²) in [5.74, 6) is -2.69. The lowest BCUT2D eigenvalue weighted by Gasteiger charge is -2.29. The Labute approximate surface area is 246 Å². The lowest BCUT2D eigenvalue weighted by molar-refractivity contribution is -0.151. The van der Waals surface area contributed by atoms with Gasteiger partial charge in [0.05, 0.1) is 13.2 Å². The van der Waals surface area contributed by atoms with Crippen LogP contribution in [0.2, 0.25) is 0 Å². The van der Waals surface area contributed by atoms with Gasteiger partial charge in [0.1, 0.15) is 23.7 Å². The number of carbonyl (C=O) groups is 3. The predicted octanol–water partition coefficient (Wildman–Crippen LogP) is 3.07. The number of nitrogens with one attached hydrogen (secondary N) is 1. The van der Waals surface area contributed by atoms with E-state index >= 15 is 0 Å². The van der Waals surface area contributed by atoms with Crippen molar-refractivity contribution in [1.29, 1.82) is 0 Å². The van der Waals surface area contributed by atoms with Crippen LogP contribution in [0.25, 0.3) is 0 Å². The third kappa shape index (κ3) is 8.28. The number of fused-ring (bicyclic) bond motifs is 1. The van der Waals surface area contributed by atoms with Gasteiger partial charge in [-0.25, -0.2) is 4.79 Å². The molecule has 0 saturated carbocycles. The number of ketones is 2. The van der Waals surface area contributed by atoms with Crippen LogP contribution in [0.1, 0.15) is 27.2 Å². The second-order valence-corrected chi connectivity index (χ2v) is 10.3. The van der Waals surface area contributed by atoms with E-state index in [-0.39, 0.29) is 28.1 Å². The van der Waals surface area contributed by atoms with E-state index < -0.39 is 35.5 Å². The van der Waals surface area contributed by atoms with Crippen molar-refractivity contribution in [2.45, 2.75) is 32.8 Å². The standard InChI is InChI=1S/C32H40N2O8/c1-4-22(2)9-7-5-6-8-10-24(36)19-28(38)29-27-18-23(17-25(37)21-35)26(30(39)32(27,3)42-31(29)40)20-33-11-12-34-13-15-41-16-14-34/h5-10,17-20,22,33,35-36,38H,4,11-16,21H2,1-3H3/b6-5+,9-7+,10-8+,23-17?,24-19?,26-20-,29-28?/t22?,32-/m1/s1. The number of aliphatic hydroxyl groups excluding tert-OH is 3. The fourth-order valence-electron chi connectivity index (χ4n) is 4.52. The Morgan fingerprint density at radius 2 is 1.88 bits per heavy atom. The van der Waals surface area contributed by atoms with Gasteiger partial charge in [-0.1, -0.05) is 50.6 Å². The number of morpholine rings is 1. The lowest BCUT2D eigenvalue weighted by Crippen LogP contribution is -2.42. The molecule has 4 N–H and O–H groups in total. The molecule has 0 aromatic heterocycles. The van der Waals surface area contributed by atoms with E-state index in [4.69, 9.17) is 9.47 Å². The Kier molecular flexibility index (Phi) is 11.8. The summed E-state index contributed by atoms with van der Waals surface area (Å²) in [6.07, 6.45) is 16.3. The Morgan fingerprint density at radius 3 is 2.57 bits per heavy atom. The average molecular weight is 581 g/mol. The van der Waals surface area contributed by atoms with E-state index in [9.17, 15) is 29.7 Å². The summed E-state index contributed by atoms with van der Waals surface area (Å²) >= 11 is 0. The monoisotopic (exact) mass is 580 g/mol. The Balaban J connectivity index is 1.88. The van der Waals surface area contributed by atoms with E-state index in [0.29, 0.717) is 32.2 Å². The lowest BCUT2D eigenvalue weighted by atomic mass is 9.76. The molecular weight excluding hydrogens is 540 g/mol. The minimum Gasteiger partial charge on any atom is -0.508 e. The van der Waals surface area contributed by atoms with Gasteiger partial charge in [0.25, 0.3) is 0 Å². The average Bonchev–Trinajstić information content (AvgIpc) is 3.24. The zero-order valence-electron chi connectivity index (χ0n) is 24.3. The molecule has 2 heterocycles. The van der Waals surface area contributed by atoms with Crippen LogP contribution in [-0.2, 0) is 23.9 Å². The van der Waals surface area contributed by atoms with Gasteiger partial charge in [0.2, 0.25) is 5.78 Å². The predicted molar refractivity (Wildman–Crippen MR) is 158 cm³/mol. The van der Waals surface area contributed by atoms with Gasteiger partial charge in [0, 0.05) is 49.6 Å². The molecule has 3 rings (SSSR count). The minimum absolute atomic E-state index is 0.0422. The number of carbonyl (C=O) groups excluding carboxylic acids is 3. The normalized spacial score (nSPS) is 25.9. The third-order valence-electron chi connectivity index (χ3n) is 7.19. The van der Waals surface area contributed by atoms with Gasteiger partial charge in [-0.3, -0.25) is 14.5 Å². The first kappa shape index (κ1) is 32.5. The summed E-state index contributed by atoms with van der Waals surface area (Å²) in [5.41, 5.74) is -1.78. The Hall–Kier alpha value is -3.99. The molecule has 2 saturated heterocycles. The molecule has 0 amide bonds. The molecule has 10 nitrogen and oxygen atoms in total. The highest BCUT2D eigenvalue weighted by Gasteiger charge is 2.54. The van der Waals surface area contributed by atoms with Gasteiger partial charge in [-0.2, -0.15) is 0 Å². The van der Waals surface area contributed by atoms with Gasteiger partial charge in [-0.15, -0.1) is 0 Å². The highest BCUT2D eigenvalue weighted by molar-refractivity contribution is 6.17. The zero-order valence-corrected chi connectivity index (χ0v) is 24.3. The highest BCUT2D eigenvalue weighted by atomic mass is 16.6. The fourth-order valence-corrected chi connectivity index (χ4v) is 4.52. The van der Waals surface area contributed by atoms with Crippen molar-refractivity contribution in [3.8, 4) is 0 Å². The maximum Gasteiger partial charge on any atom is 0.343 e. The first-order valence-corrected chi connectivity index (χ1v) is 14.1. The van der Waals surface area contributed by atoms with Crippen LogP contribution in [0.3, 0.4) is 0 Å². The molecule has 1 aliphatic carbocycles. The molecule has 0 radical (unpaired) electrons. The van der Waals surface area contributed by atoms with Gasteiger partial charge < -0.3 is 30.1 Å². The molecular formula is C32H40N2O8. The molecule has 10 heteroatoms. The van der Waals surface area contributed by atoms with E-state index in [1.165, 1.54) is 25.3 Å². The van der Waals surface area contributed by atoms with Crippen molar-refractivity contribution in [2.75, 3.05) is 46.0 Å². The summed E-state index contributed by atoms with van der Waals surface area (Å²) in [6, 6.07) is 0. The van der Waals surface area contributed by atoms with Crippen molar-refractivity contribution in [3.05, 3.63) is 94.7 Å². The van der Waals surface area contributed by atoms with Crippen LogP contribution < -0.4 is 5.32 Å². The summed E-state index contributed by atoms with van der Waals surface area (Å²) in [5, 5.41) is 33.5. The molecule has 0 spiro atoms. The zero-order chi connectivity index (χ0) is 30.7. The third-order valence-corrected chi connectivity index (χ3v) is 7.19. The smallest absolute Gasteiger partial charge is 0.343 e. The maximum atomic E-state index is 13.7. The molecule has 0 aromatic carbocycles. The first-order chi connectivity index (χ1) is 20.1. The van der Waals surface area contributed by atoms with E-state index in [1.807, 2.05) is 6.08 Å². The number of ether oxygens (including phenoxy) is 2. The number of allylic oxidation sites excluding steroid dienone is 9. The number of nitrogens with zero attached hydrogens (tertiary/aromatic N) is 1. The van der Waals surface area contributed by atoms with E-state index in [1.54, 1.807) is 18.2 Å². The Bertz CT molecular complexity index is 1290. The molecule has 2 aliphatic heterocycles. The van der Waals surface area contributed by atoms with Gasteiger partial charge in [-0.05, 0) is 36.6 Å². The molecule has 3 aliphatic rings. The summed E-state index contributed by atoms with van der Waals surface area (Å²) < 4.78 is 10.8.